The van der Waals surface area contributed by atoms with Crippen molar-refractivity contribution in [3.05, 3.63) is 60.1 Å². The van der Waals surface area contributed by atoms with Gasteiger partial charge in [-0.3, -0.25) is 19.3 Å². The number of carbonyl (C=O) groups excluding carboxylic acids is 3. The van der Waals surface area contributed by atoms with Crippen LogP contribution in [0.15, 0.2) is 47.4 Å². The summed E-state index contributed by atoms with van der Waals surface area (Å²) in [4.78, 5) is 38.2. The van der Waals surface area contributed by atoms with E-state index in [0.29, 0.717) is 5.69 Å². The lowest BCUT2D eigenvalue weighted by Gasteiger charge is -2.12. The SMILES string of the molecule is COc1ccc(/C=C2\SC(=O)N(CC(=O)Nc3ccc(I)cc3)C2=O)cc1I. The van der Waals surface area contributed by atoms with Gasteiger partial charge < -0.3 is 10.1 Å². The van der Waals surface area contributed by atoms with E-state index < -0.39 is 17.1 Å². The number of nitrogens with zero attached hydrogens (tertiary/aromatic N) is 1. The second-order valence-electron chi connectivity index (χ2n) is 5.72. The quantitative estimate of drug-likeness (QED) is 0.392. The van der Waals surface area contributed by atoms with Crippen molar-refractivity contribution in [3.8, 4) is 5.75 Å². The molecule has 2 aromatic carbocycles. The van der Waals surface area contributed by atoms with Crippen LogP contribution in [0.25, 0.3) is 6.08 Å². The van der Waals surface area contributed by atoms with E-state index in [1.165, 1.54) is 0 Å². The molecule has 3 amide bonds. The normalized spacial score (nSPS) is 15.2. The monoisotopic (exact) mass is 620 g/mol. The third-order valence-electron chi connectivity index (χ3n) is 3.78. The van der Waals surface area contributed by atoms with Crippen molar-refractivity contribution in [1.29, 1.82) is 0 Å². The highest BCUT2D eigenvalue weighted by Crippen LogP contribution is 2.33. The lowest BCUT2D eigenvalue weighted by Crippen LogP contribution is -2.36. The van der Waals surface area contributed by atoms with Crippen molar-refractivity contribution >= 4 is 85.8 Å². The van der Waals surface area contributed by atoms with Crippen LogP contribution in [0.1, 0.15) is 5.56 Å². The molecule has 1 fully saturated rings. The summed E-state index contributed by atoms with van der Waals surface area (Å²) < 4.78 is 7.15. The second-order valence-corrected chi connectivity index (χ2v) is 9.12. The fourth-order valence-electron chi connectivity index (χ4n) is 2.44. The number of halogens is 2. The molecule has 3 rings (SSSR count). The van der Waals surface area contributed by atoms with Crippen LogP contribution in [-0.2, 0) is 9.59 Å². The number of thioether (sulfide) groups is 1. The maximum absolute atomic E-state index is 12.6. The van der Waals surface area contributed by atoms with Crippen LogP contribution in [0.2, 0.25) is 0 Å². The summed E-state index contributed by atoms with van der Waals surface area (Å²) in [6, 6.07) is 12.7. The highest BCUT2D eigenvalue weighted by atomic mass is 127. The van der Waals surface area contributed by atoms with Crippen LogP contribution >= 0.6 is 56.9 Å². The molecule has 1 N–H and O–H groups in total. The van der Waals surface area contributed by atoms with Gasteiger partial charge in [-0.1, -0.05) is 6.07 Å². The predicted octanol–water partition coefficient (Wildman–Crippen LogP) is 4.58. The molecule has 2 aromatic rings. The summed E-state index contributed by atoms with van der Waals surface area (Å²) in [6.07, 6.45) is 1.64. The van der Waals surface area contributed by atoms with E-state index in [4.69, 9.17) is 4.74 Å². The van der Waals surface area contributed by atoms with E-state index in [0.717, 1.165) is 35.1 Å². The number of hydrogen-bond acceptors (Lipinski definition) is 5. The first-order valence-electron chi connectivity index (χ1n) is 8.01. The van der Waals surface area contributed by atoms with Gasteiger partial charge in [-0.05, 0) is 105 Å². The van der Waals surface area contributed by atoms with Gasteiger partial charge in [0, 0.05) is 9.26 Å². The van der Waals surface area contributed by atoms with Crippen molar-refractivity contribution in [1.82, 2.24) is 4.90 Å². The summed E-state index contributed by atoms with van der Waals surface area (Å²) in [6.45, 7) is -0.325. The molecule has 0 atom stereocenters. The van der Waals surface area contributed by atoms with Gasteiger partial charge >= 0.3 is 0 Å². The largest absolute Gasteiger partial charge is 0.496 e. The number of hydrogen-bond donors (Lipinski definition) is 1. The van der Waals surface area contributed by atoms with Gasteiger partial charge in [0.15, 0.2) is 0 Å². The zero-order valence-corrected chi connectivity index (χ0v) is 19.7. The minimum Gasteiger partial charge on any atom is -0.496 e. The molecule has 0 bridgehead atoms. The zero-order valence-electron chi connectivity index (χ0n) is 14.6. The molecular weight excluding hydrogens is 606 g/mol. The van der Waals surface area contributed by atoms with E-state index in [1.54, 1.807) is 37.5 Å². The molecule has 0 unspecified atom stereocenters. The molecule has 1 saturated heterocycles. The van der Waals surface area contributed by atoms with E-state index in [9.17, 15) is 14.4 Å². The van der Waals surface area contributed by atoms with Crippen molar-refractivity contribution in [2.24, 2.45) is 0 Å². The molecule has 1 aliphatic rings. The number of nitrogens with one attached hydrogen (secondary N) is 1. The molecule has 144 valence electrons. The maximum Gasteiger partial charge on any atom is 0.294 e. The Morgan fingerprint density at radius 3 is 2.54 bits per heavy atom. The third-order valence-corrected chi connectivity index (χ3v) is 6.25. The van der Waals surface area contributed by atoms with Crippen LogP contribution < -0.4 is 10.1 Å². The predicted molar refractivity (Wildman–Crippen MR) is 126 cm³/mol. The molecule has 0 radical (unpaired) electrons. The number of rotatable bonds is 5. The smallest absolute Gasteiger partial charge is 0.294 e. The molecule has 0 aliphatic carbocycles. The van der Waals surface area contributed by atoms with E-state index in [2.05, 4.69) is 50.5 Å². The van der Waals surface area contributed by atoms with Crippen LogP contribution in [0, 0.1) is 7.14 Å². The van der Waals surface area contributed by atoms with Gasteiger partial charge in [-0.25, -0.2) is 0 Å². The number of benzene rings is 2. The Bertz CT molecular complexity index is 976. The Hall–Kier alpha value is -1.60. The summed E-state index contributed by atoms with van der Waals surface area (Å²) >= 11 is 5.13. The number of imide groups is 1. The van der Waals surface area contributed by atoms with Gasteiger partial charge in [0.2, 0.25) is 5.91 Å². The summed E-state index contributed by atoms with van der Waals surface area (Å²) in [5, 5.41) is 2.23. The first-order chi connectivity index (χ1) is 13.4. The van der Waals surface area contributed by atoms with E-state index in [-0.39, 0.29) is 11.4 Å². The summed E-state index contributed by atoms with van der Waals surface area (Å²) in [5.41, 5.74) is 1.39. The number of ether oxygens (including phenoxy) is 1. The zero-order chi connectivity index (χ0) is 20.3. The molecule has 28 heavy (non-hydrogen) atoms. The van der Waals surface area contributed by atoms with Crippen LogP contribution in [0.4, 0.5) is 10.5 Å². The topological polar surface area (TPSA) is 75.7 Å². The first kappa shape index (κ1) is 21.1. The van der Waals surface area contributed by atoms with Crippen LogP contribution in [0.5, 0.6) is 5.75 Å². The van der Waals surface area contributed by atoms with Crippen molar-refractivity contribution < 1.29 is 19.1 Å². The van der Waals surface area contributed by atoms with Crippen molar-refractivity contribution in [3.63, 3.8) is 0 Å². The van der Waals surface area contributed by atoms with Crippen LogP contribution in [0.3, 0.4) is 0 Å². The van der Waals surface area contributed by atoms with Gasteiger partial charge in [0.1, 0.15) is 12.3 Å². The molecule has 6 nitrogen and oxygen atoms in total. The first-order valence-corrected chi connectivity index (χ1v) is 11.0. The molecular formula is C19H14I2N2O4S. The minimum atomic E-state index is -0.474. The van der Waals surface area contributed by atoms with Gasteiger partial charge in [-0.2, -0.15) is 0 Å². The summed E-state index contributed by atoms with van der Waals surface area (Å²) in [7, 11) is 1.59. The van der Waals surface area contributed by atoms with E-state index >= 15 is 0 Å². The Balaban J connectivity index is 1.69. The molecule has 0 aromatic heterocycles. The average molecular weight is 620 g/mol. The number of anilines is 1. The van der Waals surface area contributed by atoms with Gasteiger partial charge in [-0.15, -0.1) is 0 Å². The Kier molecular flexibility index (Phi) is 6.99. The lowest BCUT2D eigenvalue weighted by molar-refractivity contribution is -0.127. The van der Waals surface area contributed by atoms with Gasteiger partial charge in [0.05, 0.1) is 15.6 Å². The third kappa shape index (κ3) is 5.06. The standard InChI is InChI=1S/C19H14I2N2O4S/c1-27-15-7-2-11(8-14(15)21)9-16-18(25)23(19(26)28-16)10-17(24)22-13-5-3-12(20)4-6-13/h2-9H,10H2,1H3,(H,22,24)/b16-9-. The number of amides is 3. The molecule has 1 heterocycles. The Morgan fingerprint density at radius 2 is 1.89 bits per heavy atom. The average Bonchev–Trinajstić information content (AvgIpc) is 2.91. The second kappa shape index (κ2) is 9.27. The molecule has 9 heteroatoms. The maximum atomic E-state index is 12.6. The summed E-state index contributed by atoms with van der Waals surface area (Å²) in [5.74, 6) is -0.166. The number of methoxy groups -OCH3 is 1. The molecule has 0 spiro atoms. The Morgan fingerprint density at radius 1 is 1.18 bits per heavy atom. The highest BCUT2D eigenvalue weighted by molar-refractivity contribution is 14.1. The minimum absolute atomic E-state index is 0.285. The lowest BCUT2D eigenvalue weighted by atomic mass is 10.2. The Labute approximate surface area is 193 Å². The molecule has 0 saturated carbocycles. The van der Waals surface area contributed by atoms with Crippen molar-refractivity contribution in [2.75, 3.05) is 19.0 Å². The van der Waals surface area contributed by atoms with Gasteiger partial charge in [0.25, 0.3) is 11.1 Å². The number of carbonyl (C=O) groups is 3. The van der Waals surface area contributed by atoms with E-state index in [1.807, 2.05) is 18.2 Å². The fraction of sp³-hybridized carbons (Fsp3) is 0.105. The highest BCUT2D eigenvalue weighted by Gasteiger charge is 2.36. The van der Waals surface area contributed by atoms with Crippen molar-refractivity contribution in [2.45, 2.75) is 0 Å². The fourth-order valence-corrected chi connectivity index (χ4v) is 4.39. The van der Waals surface area contributed by atoms with Crippen LogP contribution in [-0.4, -0.2) is 35.6 Å². The molecule has 1 aliphatic heterocycles.